The highest BCUT2D eigenvalue weighted by molar-refractivity contribution is 5.83. The third-order valence-electron chi connectivity index (χ3n) is 4.62. The van der Waals surface area contributed by atoms with Crippen molar-refractivity contribution in [1.29, 1.82) is 0 Å². The molecule has 2 heterocycles. The molecule has 1 aliphatic heterocycles. The SMILES string of the molecule is CC(=O)OCc1ccc(-c2nc3c(cc2-c2ccccc2)C=C[N+](=O)C3)cc1. The summed E-state index contributed by atoms with van der Waals surface area (Å²) in [5.41, 5.74) is 6.47. The number of hydrogen-bond donors (Lipinski definition) is 0. The van der Waals surface area contributed by atoms with Crippen LogP contribution in [0.5, 0.6) is 0 Å². The molecule has 0 N–H and O–H groups in total. The highest BCUT2D eigenvalue weighted by Crippen LogP contribution is 2.34. The molecule has 0 bridgehead atoms. The number of pyridine rings is 1. The monoisotopic (exact) mass is 371 g/mol. The molecular weight excluding hydrogens is 352 g/mol. The van der Waals surface area contributed by atoms with Crippen molar-refractivity contribution in [3.05, 3.63) is 88.6 Å². The van der Waals surface area contributed by atoms with Gasteiger partial charge in [0, 0.05) is 39.4 Å². The summed E-state index contributed by atoms with van der Waals surface area (Å²) in [4.78, 5) is 27.6. The van der Waals surface area contributed by atoms with Crippen LogP contribution in [0, 0.1) is 4.91 Å². The van der Waals surface area contributed by atoms with Crippen LogP contribution in [0.15, 0.2) is 66.9 Å². The highest BCUT2D eigenvalue weighted by atomic mass is 16.5. The van der Waals surface area contributed by atoms with Crippen LogP contribution < -0.4 is 0 Å². The van der Waals surface area contributed by atoms with Gasteiger partial charge in [-0.1, -0.05) is 54.6 Å². The number of nitroso groups, excluding NO2 is 1. The Morgan fingerprint density at radius 3 is 2.54 bits per heavy atom. The van der Waals surface area contributed by atoms with Crippen molar-refractivity contribution >= 4 is 12.0 Å². The molecule has 4 rings (SSSR count). The van der Waals surface area contributed by atoms with Gasteiger partial charge in [0.15, 0.2) is 0 Å². The molecule has 5 nitrogen and oxygen atoms in total. The predicted octanol–water partition coefficient (Wildman–Crippen LogP) is 4.74. The van der Waals surface area contributed by atoms with Crippen LogP contribution in [0.25, 0.3) is 28.5 Å². The fourth-order valence-electron chi connectivity index (χ4n) is 3.20. The van der Waals surface area contributed by atoms with Gasteiger partial charge >= 0.3 is 5.97 Å². The number of rotatable bonds is 4. The molecule has 0 fully saturated rings. The smallest absolute Gasteiger partial charge is 0.302 e. The zero-order valence-corrected chi connectivity index (χ0v) is 15.5. The lowest BCUT2D eigenvalue weighted by atomic mass is 9.95. The van der Waals surface area contributed by atoms with Crippen LogP contribution >= 0.6 is 0 Å². The molecule has 0 unspecified atom stereocenters. The maximum absolute atomic E-state index is 11.7. The molecule has 5 heteroatoms. The third kappa shape index (κ3) is 3.74. The van der Waals surface area contributed by atoms with E-state index in [0.29, 0.717) is 0 Å². The van der Waals surface area contributed by atoms with E-state index < -0.39 is 0 Å². The molecule has 1 aliphatic rings. The van der Waals surface area contributed by atoms with E-state index in [-0.39, 0.29) is 19.1 Å². The quantitative estimate of drug-likeness (QED) is 0.491. The molecule has 0 aliphatic carbocycles. The number of aromatic nitrogens is 1. The van der Waals surface area contributed by atoms with E-state index in [1.807, 2.05) is 42.5 Å². The first-order valence-corrected chi connectivity index (χ1v) is 9.04. The zero-order chi connectivity index (χ0) is 19.5. The fourth-order valence-corrected chi connectivity index (χ4v) is 3.20. The van der Waals surface area contributed by atoms with Crippen molar-refractivity contribution in [1.82, 2.24) is 4.98 Å². The van der Waals surface area contributed by atoms with E-state index in [1.165, 1.54) is 13.1 Å². The fraction of sp³-hybridized carbons (Fsp3) is 0.130. The Labute approximate surface area is 162 Å². The van der Waals surface area contributed by atoms with Gasteiger partial charge < -0.3 is 4.74 Å². The minimum absolute atomic E-state index is 0.235. The molecule has 0 spiro atoms. The van der Waals surface area contributed by atoms with Gasteiger partial charge in [-0.2, -0.15) is 0 Å². The minimum atomic E-state index is -0.304. The molecule has 0 radical (unpaired) electrons. The minimum Gasteiger partial charge on any atom is -0.461 e. The topological polar surface area (TPSA) is 59.3 Å². The lowest BCUT2D eigenvalue weighted by molar-refractivity contribution is -0.497. The largest absolute Gasteiger partial charge is 0.461 e. The van der Waals surface area contributed by atoms with Crippen molar-refractivity contribution in [3.8, 4) is 22.4 Å². The number of carbonyl (C=O) groups is 1. The van der Waals surface area contributed by atoms with Gasteiger partial charge in [-0.25, -0.2) is 4.98 Å². The van der Waals surface area contributed by atoms with Gasteiger partial charge in [0.2, 0.25) is 12.7 Å². The van der Waals surface area contributed by atoms with Gasteiger partial charge in [-0.15, -0.1) is 0 Å². The molecule has 28 heavy (non-hydrogen) atoms. The first-order chi connectivity index (χ1) is 13.6. The van der Waals surface area contributed by atoms with Crippen molar-refractivity contribution in [2.24, 2.45) is 0 Å². The molecular formula is C23H19N2O3+. The number of hydrogen-bond acceptors (Lipinski definition) is 4. The van der Waals surface area contributed by atoms with Crippen LogP contribution in [0.3, 0.4) is 0 Å². The van der Waals surface area contributed by atoms with Crippen molar-refractivity contribution < 1.29 is 14.3 Å². The number of fused-ring (bicyclic) bond motifs is 1. The van der Waals surface area contributed by atoms with Crippen molar-refractivity contribution in [3.63, 3.8) is 0 Å². The normalized spacial score (nSPS) is 12.5. The van der Waals surface area contributed by atoms with Gasteiger partial charge in [0.05, 0.1) is 5.69 Å². The summed E-state index contributed by atoms with van der Waals surface area (Å²) in [6, 6.07) is 19.9. The second kappa shape index (κ2) is 7.56. The average molecular weight is 371 g/mol. The van der Waals surface area contributed by atoms with Crippen LogP contribution in [0.1, 0.15) is 23.7 Å². The van der Waals surface area contributed by atoms with Crippen LogP contribution in [-0.2, 0) is 22.7 Å². The second-order valence-electron chi connectivity index (χ2n) is 6.65. The Balaban J connectivity index is 1.79. The molecule has 138 valence electrons. The standard InChI is InChI=1S/C23H19N2O3/c1-16(26)28-15-17-7-9-19(10-8-17)23-21(18-5-3-2-4-6-18)13-20-11-12-25(27)14-22(20)24-23/h2-13H,14-15H2,1H3/q+1. The average Bonchev–Trinajstić information content (AvgIpc) is 2.72. The Bertz CT molecular complexity index is 1070. The highest BCUT2D eigenvalue weighted by Gasteiger charge is 2.21. The lowest BCUT2D eigenvalue weighted by Gasteiger charge is -2.14. The maximum atomic E-state index is 11.7. The van der Waals surface area contributed by atoms with Crippen LogP contribution in [0.4, 0.5) is 0 Å². The van der Waals surface area contributed by atoms with Gasteiger partial charge in [0.1, 0.15) is 12.3 Å². The predicted molar refractivity (Wildman–Crippen MR) is 107 cm³/mol. The van der Waals surface area contributed by atoms with Crippen LogP contribution in [0.2, 0.25) is 0 Å². The van der Waals surface area contributed by atoms with Crippen molar-refractivity contribution in [2.75, 3.05) is 0 Å². The Morgan fingerprint density at radius 1 is 1.07 bits per heavy atom. The summed E-state index contributed by atoms with van der Waals surface area (Å²) in [7, 11) is 0. The second-order valence-corrected chi connectivity index (χ2v) is 6.65. The number of ether oxygens (including phenoxy) is 1. The Kier molecular flexibility index (Phi) is 4.81. The Morgan fingerprint density at radius 2 is 1.82 bits per heavy atom. The summed E-state index contributed by atoms with van der Waals surface area (Å²) < 4.78 is 5.93. The van der Waals surface area contributed by atoms with Gasteiger partial charge in [0.25, 0.3) is 0 Å². The van der Waals surface area contributed by atoms with Gasteiger partial charge in [-0.3, -0.25) is 4.79 Å². The van der Waals surface area contributed by atoms with Crippen molar-refractivity contribution in [2.45, 2.75) is 20.1 Å². The van der Waals surface area contributed by atoms with E-state index in [4.69, 9.17) is 9.72 Å². The number of esters is 1. The molecule has 0 saturated heterocycles. The Hall–Kier alpha value is -3.60. The zero-order valence-electron chi connectivity index (χ0n) is 15.5. The van der Waals surface area contributed by atoms with Crippen LogP contribution in [-0.4, -0.2) is 15.7 Å². The number of nitrogens with zero attached hydrogens (tertiary/aromatic N) is 2. The van der Waals surface area contributed by atoms with Gasteiger partial charge in [-0.05, 0) is 17.2 Å². The third-order valence-corrected chi connectivity index (χ3v) is 4.62. The van der Waals surface area contributed by atoms with E-state index in [0.717, 1.165) is 44.0 Å². The van der Waals surface area contributed by atoms with E-state index in [1.54, 1.807) is 6.08 Å². The molecule has 3 aromatic rings. The number of benzene rings is 2. The molecule has 2 aromatic carbocycles. The van der Waals surface area contributed by atoms with E-state index in [9.17, 15) is 9.70 Å². The molecule has 0 atom stereocenters. The summed E-state index contributed by atoms with van der Waals surface area (Å²) in [5.74, 6) is -0.304. The number of carbonyl (C=O) groups excluding carboxylic acids is 1. The first kappa shape index (κ1) is 17.8. The van der Waals surface area contributed by atoms with E-state index >= 15 is 0 Å². The maximum Gasteiger partial charge on any atom is 0.302 e. The molecule has 0 amide bonds. The van der Waals surface area contributed by atoms with E-state index in [2.05, 4.69) is 18.2 Å². The summed E-state index contributed by atoms with van der Waals surface area (Å²) in [6.45, 7) is 1.87. The molecule has 0 saturated carbocycles. The summed E-state index contributed by atoms with van der Waals surface area (Å²) in [6.07, 6.45) is 3.33. The first-order valence-electron chi connectivity index (χ1n) is 9.04. The summed E-state index contributed by atoms with van der Waals surface area (Å²) >= 11 is 0. The molecule has 1 aromatic heterocycles. The summed E-state index contributed by atoms with van der Waals surface area (Å²) in [5, 5.41) is 0. The lowest BCUT2D eigenvalue weighted by Crippen LogP contribution is -2.10.